The van der Waals surface area contributed by atoms with Crippen molar-refractivity contribution in [2.45, 2.75) is 12.8 Å². The van der Waals surface area contributed by atoms with E-state index < -0.39 is 0 Å². The van der Waals surface area contributed by atoms with Crippen LogP contribution in [0.3, 0.4) is 0 Å². The monoisotopic (exact) mass is 310 g/mol. The number of urea groups is 1. The normalized spacial score (nSPS) is 10.5. The number of benzene rings is 2. The summed E-state index contributed by atoms with van der Waals surface area (Å²) in [7, 11) is 1.63. The Morgan fingerprint density at radius 1 is 1.13 bits per heavy atom. The lowest BCUT2D eigenvalue weighted by Crippen LogP contribution is -2.32. The molecule has 120 valence electrons. The van der Waals surface area contributed by atoms with Crippen LogP contribution in [0.15, 0.2) is 60.8 Å². The van der Waals surface area contributed by atoms with Gasteiger partial charge in [-0.2, -0.15) is 0 Å². The molecule has 0 aromatic heterocycles. The molecule has 0 fully saturated rings. The summed E-state index contributed by atoms with van der Waals surface area (Å²) in [5.41, 5.74) is 2.25. The third-order valence-electron chi connectivity index (χ3n) is 3.35. The molecule has 0 spiro atoms. The number of rotatable bonds is 7. The highest BCUT2D eigenvalue weighted by atomic mass is 16.5. The average Bonchev–Trinajstić information content (AvgIpc) is 2.60. The van der Waals surface area contributed by atoms with Crippen molar-refractivity contribution in [2.75, 3.05) is 13.7 Å². The lowest BCUT2D eigenvalue weighted by atomic mass is 10.1. The molecule has 2 N–H and O–H groups in total. The predicted molar refractivity (Wildman–Crippen MR) is 93.3 cm³/mol. The zero-order valence-corrected chi connectivity index (χ0v) is 13.3. The van der Waals surface area contributed by atoms with Gasteiger partial charge < -0.3 is 15.4 Å². The van der Waals surface area contributed by atoms with Gasteiger partial charge in [-0.3, -0.25) is 0 Å². The van der Waals surface area contributed by atoms with Gasteiger partial charge in [-0.15, -0.1) is 0 Å². The van der Waals surface area contributed by atoms with Gasteiger partial charge in [-0.25, -0.2) is 4.79 Å². The summed E-state index contributed by atoms with van der Waals surface area (Å²) >= 11 is 0. The summed E-state index contributed by atoms with van der Waals surface area (Å²) in [4.78, 5) is 11.7. The summed E-state index contributed by atoms with van der Waals surface area (Å²) in [6, 6.07) is 17.7. The first-order valence-electron chi connectivity index (χ1n) is 7.67. The molecule has 0 aliphatic rings. The maximum absolute atomic E-state index is 11.7. The molecule has 2 aromatic carbocycles. The maximum Gasteiger partial charge on any atom is 0.318 e. The highest BCUT2D eigenvalue weighted by molar-refractivity contribution is 5.75. The molecule has 4 heteroatoms. The van der Waals surface area contributed by atoms with E-state index in [0.717, 1.165) is 24.2 Å². The number of carbonyl (C=O) groups is 1. The Kier molecular flexibility index (Phi) is 6.72. The minimum absolute atomic E-state index is 0.197. The highest BCUT2D eigenvalue weighted by Crippen LogP contribution is 2.13. The highest BCUT2D eigenvalue weighted by Gasteiger charge is 1.97. The van der Waals surface area contributed by atoms with Crippen LogP contribution >= 0.6 is 0 Å². The van der Waals surface area contributed by atoms with E-state index in [0.29, 0.717) is 6.54 Å². The topological polar surface area (TPSA) is 50.4 Å². The molecule has 0 saturated heterocycles. The number of aryl methyl sites for hydroxylation is 1. The third-order valence-corrected chi connectivity index (χ3v) is 3.35. The van der Waals surface area contributed by atoms with Crippen molar-refractivity contribution in [3.05, 3.63) is 71.9 Å². The quantitative estimate of drug-likeness (QED) is 0.768. The van der Waals surface area contributed by atoms with E-state index in [1.54, 1.807) is 13.3 Å². The van der Waals surface area contributed by atoms with Crippen LogP contribution in [0.4, 0.5) is 4.79 Å². The number of ether oxygens (including phenoxy) is 1. The van der Waals surface area contributed by atoms with Crippen LogP contribution in [0, 0.1) is 0 Å². The van der Waals surface area contributed by atoms with Gasteiger partial charge in [0.1, 0.15) is 5.75 Å². The van der Waals surface area contributed by atoms with Crippen LogP contribution in [-0.4, -0.2) is 19.7 Å². The summed E-state index contributed by atoms with van der Waals surface area (Å²) in [5, 5.41) is 5.53. The van der Waals surface area contributed by atoms with Crippen molar-refractivity contribution in [2.24, 2.45) is 0 Å². The molecule has 0 unspecified atom stereocenters. The number of hydrogen-bond donors (Lipinski definition) is 2. The first-order valence-corrected chi connectivity index (χ1v) is 7.67. The molecule has 0 saturated carbocycles. The first-order chi connectivity index (χ1) is 11.3. The minimum atomic E-state index is -0.197. The molecule has 2 rings (SSSR count). The zero-order valence-electron chi connectivity index (χ0n) is 13.3. The van der Waals surface area contributed by atoms with Crippen molar-refractivity contribution in [3.8, 4) is 5.75 Å². The zero-order chi connectivity index (χ0) is 16.3. The van der Waals surface area contributed by atoms with Crippen LogP contribution in [0.2, 0.25) is 0 Å². The number of nitrogens with one attached hydrogen (secondary N) is 2. The molecule has 0 heterocycles. The van der Waals surface area contributed by atoms with E-state index in [9.17, 15) is 4.79 Å². The third kappa shape index (κ3) is 6.26. The molecule has 0 atom stereocenters. The molecule has 0 bridgehead atoms. The van der Waals surface area contributed by atoms with Crippen LogP contribution in [0.25, 0.3) is 6.08 Å². The molecule has 0 aliphatic heterocycles. The van der Waals surface area contributed by atoms with Gasteiger partial charge in [-0.1, -0.05) is 42.5 Å². The first kappa shape index (κ1) is 16.6. The van der Waals surface area contributed by atoms with Crippen molar-refractivity contribution in [3.63, 3.8) is 0 Å². The molecule has 0 aliphatic carbocycles. The fraction of sp³-hybridized carbons (Fsp3) is 0.211. The van der Waals surface area contributed by atoms with Gasteiger partial charge in [0, 0.05) is 12.7 Å². The lowest BCUT2D eigenvalue weighted by Gasteiger charge is -2.05. The molecule has 0 radical (unpaired) electrons. The Labute approximate surface area is 137 Å². The predicted octanol–water partition coefficient (Wildman–Crippen LogP) is 3.60. The number of carbonyl (C=O) groups excluding carboxylic acids is 1. The Morgan fingerprint density at radius 3 is 2.74 bits per heavy atom. The average molecular weight is 310 g/mol. The van der Waals surface area contributed by atoms with E-state index >= 15 is 0 Å². The van der Waals surface area contributed by atoms with Crippen molar-refractivity contribution in [1.29, 1.82) is 0 Å². The lowest BCUT2D eigenvalue weighted by molar-refractivity contribution is 0.244. The van der Waals surface area contributed by atoms with Crippen molar-refractivity contribution >= 4 is 12.1 Å². The van der Waals surface area contributed by atoms with E-state index in [-0.39, 0.29) is 6.03 Å². The molecular weight excluding hydrogens is 288 g/mol. The van der Waals surface area contributed by atoms with Gasteiger partial charge in [0.05, 0.1) is 7.11 Å². The maximum atomic E-state index is 11.7. The molecule has 23 heavy (non-hydrogen) atoms. The van der Waals surface area contributed by atoms with E-state index in [1.165, 1.54) is 5.56 Å². The summed E-state index contributed by atoms with van der Waals surface area (Å²) in [6.07, 6.45) is 5.32. The molecule has 2 aromatic rings. The van der Waals surface area contributed by atoms with Crippen LogP contribution in [0.1, 0.15) is 17.5 Å². The number of methoxy groups -OCH3 is 1. The molecule has 4 nitrogen and oxygen atoms in total. The molecule has 2 amide bonds. The minimum Gasteiger partial charge on any atom is -0.497 e. The second kappa shape index (κ2) is 9.30. The summed E-state index contributed by atoms with van der Waals surface area (Å²) in [5.74, 6) is 0.789. The Balaban J connectivity index is 1.65. The van der Waals surface area contributed by atoms with Crippen LogP contribution < -0.4 is 15.4 Å². The van der Waals surface area contributed by atoms with Gasteiger partial charge in [0.25, 0.3) is 0 Å². The van der Waals surface area contributed by atoms with Crippen LogP contribution in [0.5, 0.6) is 5.75 Å². The second-order valence-corrected chi connectivity index (χ2v) is 5.10. The smallest absolute Gasteiger partial charge is 0.318 e. The summed E-state index contributed by atoms with van der Waals surface area (Å²) < 4.78 is 5.15. The fourth-order valence-electron chi connectivity index (χ4n) is 2.15. The van der Waals surface area contributed by atoms with Gasteiger partial charge in [0.2, 0.25) is 0 Å². The Morgan fingerprint density at radius 2 is 1.96 bits per heavy atom. The van der Waals surface area contributed by atoms with Gasteiger partial charge in [0.15, 0.2) is 0 Å². The van der Waals surface area contributed by atoms with Crippen molar-refractivity contribution in [1.82, 2.24) is 10.6 Å². The molecular formula is C19H22N2O2. The van der Waals surface area contributed by atoms with E-state index in [2.05, 4.69) is 22.8 Å². The van der Waals surface area contributed by atoms with Gasteiger partial charge in [-0.05, 0) is 42.2 Å². The Hall–Kier alpha value is -2.75. The van der Waals surface area contributed by atoms with Crippen LogP contribution in [-0.2, 0) is 6.42 Å². The van der Waals surface area contributed by atoms with E-state index in [4.69, 9.17) is 4.74 Å². The SMILES string of the molecule is COc1cccc(/C=C/NC(=O)NCCCc2ccccc2)c1. The summed E-state index contributed by atoms with van der Waals surface area (Å²) in [6.45, 7) is 0.647. The number of hydrogen-bond acceptors (Lipinski definition) is 2. The standard InChI is InChI=1S/C19H22N2O2/c1-23-18-11-5-9-17(15-18)12-14-21-19(22)20-13-6-10-16-7-3-2-4-8-16/h2-5,7-9,11-12,14-15H,6,10,13H2,1H3,(H2,20,21,22)/b14-12+. The Bertz CT molecular complexity index is 639. The van der Waals surface area contributed by atoms with Gasteiger partial charge >= 0.3 is 6.03 Å². The fourth-order valence-corrected chi connectivity index (χ4v) is 2.15. The van der Waals surface area contributed by atoms with Crippen molar-refractivity contribution < 1.29 is 9.53 Å². The van der Waals surface area contributed by atoms with E-state index in [1.807, 2.05) is 48.5 Å². The number of amides is 2. The second-order valence-electron chi connectivity index (χ2n) is 5.10. The largest absolute Gasteiger partial charge is 0.497 e.